The largest absolute Gasteiger partial charge is 0.455 e. The van der Waals surface area contributed by atoms with E-state index >= 15 is 0 Å². The van der Waals surface area contributed by atoms with Gasteiger partial charge in [0.2, 0.25) is 5.91 Å². The van der Waals surface area contributed by atoms with Gasteiger partial charge in [-0.2, -0.15) is 0 Å². The first-order chi connectivity index (χ1) is 13.1. The molecule has 5 heteroatoms. The van der Waals surface area contributed by atoms with Gasteiger partial charge in [-0.15, -0.1) is 0 Å². The van der Waals surface area contributed by atoms with E-state index in [1.54, 1.807) is 42.5 Å². The number of nitrogens with one attached hydrogen (secondary N) is 1. The van der Waals surface area contributed by atoms with Crippen molar-refractivity contribution in [2.24, 2.45) is 0 Å². The van der Waals surface area contributed by atoms with Crippen LogP contribution in [0.5, 0.6) is 11.5 Å². The smallest absolute Gasteiger partial charge is 0.224 e. The minimum Gasteiger partial charge on any atom is -0.455 e. The summed E-state index contributed by atoms with van der Waals surface area (Å²) in [6, 6.07) is 23.2. The summed E-state index contributed by atoms with van der Waals surface area (Å²) in [6.07, 6.45) is 0.205. The van der Waals surface area contributed by atoms with Gasteiger partial charge in [-0.1, -0.05) is 60.1 Å². The van der Waals surface area contributed by atoms with Gasteiger partial charge in [0.1, 0.15) is 5.75 Å². The van der Waals surface area contributed by atoms with Crippen molar-refractivity contribution in [2.45, 2.75) is 12.8 Å². The zero-order valence-electron chi connectivity index (χ0n) is 14.5. The molecule has 0 atom stereocenters. The van der Waals surface area contributed by atoms with Crippen molar-refractivity contribution in [1.29, 1.82) is 0 Å². The minimum atomic E-state index is -0.278. The molecule has 1 N–H and O–H groups in total. The Kier molecular flexibility index (Phi) is 6.23. The maximum absolute atomic E-state index is 12.3. The Morgan fingerprint density at radius 2 is 1.52 bits per heavy atom. The molecule has 0 aliphatic rings. The number of rotatable bonds is 7. The van der Waals surface area contributed by atoms with Crippen molar-refractivity contribution < 1.29 is 14.3 Å². The van der Waals surface area contributed by atoms with Gasteiger partial charge in [-0.25, -0.2) is 0 Å². The van der Waals surface area contributed by atoms with Gasteiger partial charge in [0.15, 0.2) is 11.5 Å². The fourth-order valence-corrected chi connectivity index (χ4v) is 2.68. The Balaban J connectivity index is 1.65. The molecule has 1 amide bonds. The van der Waals surface area contributed by atoms with E-state index in [0.717, 1.165) is 0 Å². The van der Waals surface area contributed by atoms with Crippen LogP contribution >= 0.6 is 11.6 Å². The lowest BCUT2D eigenvalue weighted by molar-refractivity contribution is -0.116. The summed E-state index contributed by atoms with van der Waals surface area (Å²) in [5.74, 6) is 0.778. The zero-order valence-corrected chi connectivity index (χ0v) is 15.3. The lowest BCUT2D eigenvalue weighted by Gasteiger charge is -2.13. The standard InChI is InChI=1S/C22H18ClNO3/c23-17-11-13-21(27-18-9-5-2-6-10-18)19(15-17)24-22(26)14-12-20(25)16-7-3-1-4-8-16/h1-11,13,15H,12,14H2,(H,24,26). The van der Waals surface area contributed by atoms with Crippen molar-refractivity contribution in [3.05, 3.63) is 89.4 Å². The quantitative estimate of drug-likeness (QED) is 0.533. The monoisotopic (exact) mass is 379 g/mol. The first-order valence-corrected chi connectivity index (χ1v) is 8.90. The SMILES string of the molecule is O=C(CCC(=O)c1ccccc1)Nc1cc(Cl)ccc1Oc1ccccc1. The van der Waals surface area contributed by atoms with Crippen molar-refractivity contribution >= 4 is 29.0 Å². The number of Topliss-reactive ketones (excluding diaryl/α,β-unsaturated/α-hetero) is 1. The number of para-hydroxylation sites is 1. The van der Waals surface area contributed by atoms with Gasteiger partial charge < -0.3 is 10.1 Å². The lowest BCUT2D eigenvalue weighted by Crippen LogP contribution is -2.14. The Hall–Kier alpha value is -3.11. The van der Waals surface area contributed by atoms with Crippen molar-refractivity contribution in [3.63, 3.8) is 0 Å². The zero-order chi connectivity index (χ0) is 19.1. The maximum Gasteiger partial charge on any atom is 0.224 e. The Morgan fingerprint density at radius 1 is 0.852 bits per heavy atom. The molecule has 0 fully saturated rings. The molecular weight excluding hydrogens is 362 g/mol. The number of halogens is 1. The molecule has 0 heterocycles. The molecule has 0 saturated heterocycles. The Bertz CT molecular complexity index is 927. The van der Waals surface area contributed by atoms with Crippen LogP contribution < -0.4 is 10.1 Å². The first-order valence-electron chi connectivity index (χ1n) is 8.52. The number of anilines is 1. The molecule has 4 nitrogen and oxygen atoms in total. The third-order valence-corrected chi connectivity index (χ3v) is 4.10. The molecule has 3 rings (SSSR count). The first kappa shape index (κ1) is 18.7. The second kappa shape index (κ2) is 9.01. The van der Waals surface area contributed by atoms with Gasteiger partial charge in [0.05, 0.1) is 5.69 Å². The normalized spacial score (nSPS) is 10.3. The molecule has 3 aromatic rings. The van der Waals surface area contributed by atoms with Gasteiger partial charge >= 0.3 is 0 Å². The van der Waals surface area contributed by atoms with Gasteiger partial charge in [-0.05, 0) is 30.3 Å². The number of carbonyl (C=O) groups excluding carboxylic acids is 2. The highest BCUT2D eigenvalue weighted by molar-refractivity contribution is 6.31. The number of amides is 1. The fourth-order valence-electron chi connectivity index (χ4n) is 2.51. The van der Waals surface area contributed by atoms with E-state index in [4.69, 9.17) is 16.3 Å². The van der Waals surface area contributed by atoms with E-state index in [2.05, 4.69) is 5.32 Å². The summed E-state index contributed by atoms with van der Waals surface area (Å²) < 4.78 is 5.82. The summed E-state index contributed by atoms with van der Waals surface area (Å²) in [6.45, 7) is 0. The highest BCUT2D eigenvalue weighted by Gasteiger charge is 2.12. The highest BCUT2D eigenvalue weighted by atomic mass is 35.5. The number of carbonyl (C=O) groups is 2. The van der Waals surface area contributed by atoms with Crippen LogP contribution in [0.15, 0.2) is 78.9 Å². The average molecular weight is 380 g/mol. The van der Waals surface area contributed by atoms with Crippen LogP contribution in [-0.2, 0) is 4.79 Å². The van der Waals surface area contributed by atoms with E-state index < -0.39 is 0 Å². The van der Waals surface area contributed by atoms with Crippen LogP contribution in [-0.4, -0.2) is 11.7 Å². The van der Waals surface area contributed by atoms with Crippen molar-refractivity contribution in [1.82, 2.24) is 0 Å². The second-order valence-corrected chi connectivity index (χ2v) is 6.33. The van der Waals surface area contributed by atoms with E-state index in [9.17, 15) is 9.59 Å². The van der Waals surface area contributed by atoms with Crippen LogP contribution in [0.4, 0.5) is 5.69 Å². The molecule has 0 unspecified atom stereocenters. The molecule has 0 bridgehead atoms. The van der Waals surface area contributed by atoms with Crippen LogP contribution in [0.1, 0.15) is 23.2 Å². The minimum absolute atomic E-state index is 0.0717. The fraction of sp³-hybridized carbons (Fsp3) is 0.0909. The predicted octanol–water partition coefficient (Wildman–Crippen LogP) is 5.73. The molecule has 0 saturated carbocycles. The van der Waals surface area contributed by atoms with E-state index in [-0.39, 0.29) is 24.5 Å². The number of benzene rings is 3. The number of ketones is 1. The van der Waals surface area contributed by atoms with Gasteiger partial charge in [-0.3, -0.25) is 9.59 Å². The summed E-state index contributed by atoms with van der Waals surface area (Å²) in [5.41, 5.74) is 1.06. The second-order valence-electron chi connectivity index (χ2n) is 5.89. The van der Waals surface area contributed by atoms with E-state index in [1.165, 1.54) is 0 Å². The molecule has 0 aliphatic carbocycles. The molecular formula is C22H18ClNO3. The number of ether oxygens (including phenoxy) is 1. The average Bonchev–Trinajstić information content (AvgIpc) is 2.70. The predicted molar refractivity (Wildman–Crippen MR) is 107 cm³/mol. The van der Waals surface area contributed by atoms with E-state index in [1.807, 2.05) is 36.4 Å². The Morgan fingerprint density at radius 3 is 2.22 bits per heavy atom. The van der Waals surface area contributed by atoms with Gasteiger partial charge in [0, 0.05) is 23.4 Å². The number of hydrogen-bond donors (Lipinski definition) is 1. The molecule has 0 aromatic heterocycles. The van der Waals surface area contributed by atoms with Crippen molar-refractivity contribution in [2.75, 3.05) is 5.32 Å². The van der Waals surface area contributed by atoms with Crippen LogP contribution in [0.3, 0.4) is 0 Å². The molecule has 3 aromatic carbocycles. The van der Waals surface area contributed by atoms with E-state index in [0.29, 0.717) is 27.8 Å². The summed E-state index contributed by atoms with van der Waals surface area (Å²) in [4.78, 5) is 24.4. The summed E-state index contributed by atoms with van der Waals surface area (Å²) in [7, 11) is 0. The lowest BCUT2D eigenvalue weighted by atomic mass is 10.1. The molecule has 0 radical (unpaired) electrons. The van der Waals surface area contributed by atoms with Crippen molar-refractivity contribution in [3.8, 4) is 11.5 Å². The van der Waals surface area contributed by atoms with Crippen LogP contribution in [0.25, 0.3) is 0 Å². The number of hydrogen-bond acceptors (Lipinski definition) is 3. The maximum atomic E-state index is 12.3. The third-order valence-electron chi connectivity index (χ3n) is 3.86. The topological polar surface area (TPSA) is 55.4 Å². The molecule has 136 valence electrons. The molecule has 27 heavy (non-hydrogen) atoms. The van der Waals surface area contributed by atoms with Crippen LogP contribution in [0.2, 0.25) is 5.02 Å². The molecule has 0 aliphatic heterocycles. The van der Waals surface area contributed by atoms with Gasteiger partial charge in [0.25, 0.3) is 0 Å². The van der Waals surface area contributed by atoms with Crippen LogP contribution in [0, 0.1) is 0 Å². The highest BCUT2D eigenvalue weighted by Crippen LogP contribution is 2.32. The Labute approximate surface area is 162 Å². The summed E-state index contributed by atoms with van der Waals surface area (Å²) >= 11 is 6.05. The summed E-state index contributed by atoms with van der Waals surface area (Å²) in [5, 5.41) is 3.26. The third kappa shape index (κ3) is 5.43. The molecule has 0 spiro atoms.